The maximum absolute atomic E-state index is 13.0. The number of hydrogen-bond acceptors (Lipinski definition) is 2. The van der Waals surface area contributed by atoms with Crippen molar-refractivity contribution in [1.29, 1.82) is 0 Å². The molecular weight excluding hydrogens is 358 g/mol. The first-order chi connectivity index (χ1) is 10.9. The highest BCUT2D eigenvalue weighted by atomic mass is 28.4. The van der Waals surface area contributed by atoms with Gasteiger partial charge in [0.05, 0.1) is 18.1 Å². The van der Waals surface area contributed by atoms with Crippen molar-refractivity contribution in [3.8, 4) is 11.5 Å². The van der Waals surface area contributed by atoms with Crippen LogP contribution in [-0.2, 0) is 9.22 Å². The van der Waals surface area contributed by atoms with Crippen molar-refractivity contribution in [3.63, 3.8) is 0 Å². The van der Waals surface area contributed by atoms with E-state index >= 15 is 0 Å². The first-order valence-corrected chi connectivity index (χ1v) is 19.3. The normalized spacial score (nSPS) is 23.7. The molecule has 1 saturated heterocycles. The Morgan fingerprint density at radius 3 is 1.88 bits per heavy atom. The smallest absolute Gasteiger partial charge is 0.224 e. The van der Waals surface area contributed by atoms with E-state index in [9.17, 15) is 4.79 Å². The number of carbonyl (C=O) groups excluding carboxylic acids is 1. The maximum atomic E-state index is 13.0. The molecule has 1 aliphatic heterocycles. The summed E-state index contributed by atoms with van der Waals surface area (Å²) in [5.41, 5.74) is 3.50. The molecule has 144 valence electrons. The van der Waals surface area contributed by atoms with E-state index in [-0.39, 0.29) is 29.0 Å². The van der Waals surface area contributed by atoms with Gasteiger partial charge in [0.1, 0.15) is 8.07 Å². The van der Waals surface area contributed by atoms with Crippen LogP contribution >= 0.6 is 0 Å². The molecule has 0 unspecified atom stereocenters. The molecule has 3 nitrogen and oxygen atoms in total. The van der Waals surface area contributed by atoms with Gasteiger partial charge >= 0.3 is 0 Å². The number of nitrogens with zero attached hydrogens (tertiary/aromatic N) is 1. The molecule has 0 aromatic heterocycles. The lowest BCUT2D eigenvalue weighted by atomic mass is 9.86. The largest absolute Gasteiger partial charge is 0.413 e. The Morgan fingerprint density at radius 2 is 1.52 bits per heavy atom. The van der Waals surface area contributed by atoms with E-state index in [2.05, 4.69) is 96.1 Å². The van der Waals surface area contributed by atoms with Crippen molar-refractivity contribution in [2.24, 2.45) is 5.92 Å². The lowest BCUT2D eigenvalue weighted by Gasteiger charge is -2.54. The lowest BCUT2D eigenvalue weighted by molar-refractivity contribution is -0.150. The first kappa shape index (κ1) is 22.7. The minimum absolute atomic E-state index is 0.0330. The van der Waals surface area contributed by atoms with E-state index in [0.717, 1.165) is 0 Å². The number of β-lactam (4-membered cyclic amide) rings is 1. The van der Waals surface area contributed by atoms with Gasteiger partial charge < -0.3 is 8.99 Å². The zero-order valence-electron chi connectivity index (χ0n) is 18.5. The van der Waals surface area contributed by atoms with Gasteiger partial charge in [0, 0.05) is 0 Å². The zero-order chi connectivity index (χ0) is 20.0. The summed E-state index contributed by atoms with van der Waals surface area (Å²) in [5, 5.41) is 0.145. The minimum Gasteiger partial charge on any atom is -0.413 e. The van der Waals surface area contributed by atoms with Gasteiger partial charge in [0.25, 0.3) is 0 Å². The van der Waals surface area contributed by atoms with Crippen molar-refractivity contribution < 1.29 is 9.22 Å². The molecule has 1 fully saturated rings. The SMILES string of the molecule is C[C@@H](O[Si](C)(C)C(C)(C)C)[C@H]1C(=O)N([Si](C)(C)C)[C@@H]1C#C[Si](C)(C)C. The van der Waals surface area contributed by atoms with E-state index in [4.69, 9.17) is 4.43 Å². The summed E-state index contributed by atoms with van der Waals surface area (Å²) in [5.74, 6) is 3.63. The average molecular weight is 398 g/mol. The molecule has 0 radical (unpaired) electrons. The average Bonchev–Trinajstić information content (AvgIpc) is 2.28. The van der Waals surface area contributed by atoms with E-state index < -0.39 is 24.6 Å². The maximum Gasteiger partial charge on any atom is 0.224 e. The van der Waals surface area contributed by atoms with Crippen molar-refractivity contribution in [3.05, 3.63) is 0 Å². The van der Waals surface area contributed by atoms with Crippen LogP contribution in [0.2, 0.25) is 57.4 Å². The van der Waals surface area contributed by atoms with Crippen LogP contribution in [0.4, 0.5) is 0 Å². The van der Waals surface area contributed by atoms with Crippen molar-refractivity contribution in [2.75, 3.05) is 0 Å². The predicted octanol–water partition coefficient (Wildman–Crippen LogP) is 4.94. The fourth-order valence-corrected chi connectivity index (χ4v) is 6.76. The highest BCUT2D eigenvalue weighted by Gasteiger charge is 2.55. The summed E-state index contributed by atoms with van der Waals surface area (Å²) >= 11 is 0. The first-order valence-electron chi connectivity index (χ1n) is 9.42. The third-order valence-electron chi connectivity index (χ3n) is 5.25. The van der Waals surface area contributed by atoms with Crippen molar-refractivity contribution in [2.45, 2.75) is 97.3 Å². The molecule has 1 amide bonds. The standard InChI is InChI=1S/C19H39NO2Si3/c1-15(22-25(11,12)19(2,3)4)17-16(13-14-23(5,6)7)20(18(17)21)24(8,9)10/h15-17H,1-12H3/t15-,16-,17-/m1/s1. The molecule has 0 aromatic carbocycles. The highest BCUT2D eigenvalue weighted by molar-refractivity contribution is 6.84. The second-order valence-electron chi connectivity index (χ2n) is 11.0. The van der Waals surface area contributed by atoms with Crippen molar-refractivity contribution >= 4 is 30.5 Å². The molecule has 1 heterocycles. The van der Waals surface area contributed by atoms with Gasteiger partial charge in [0.2, 0.25) is 5.91 Å². The van der Waals surface area contributed by atoms with Gasteiger partial charge in [-0.25, -0.2) is 0 Å². The van der Waals surface area contributed by atoms with Crippen LogP contribution < -0.4 is 0 Å². The Kier molecular flexibility index (Phi) is 6.34. The molecule has 3 atom stereocenters. The Balaban J connectivity index is 3.11. The van der Waals surface area contributed by atoms with Crippen LogP contribution in [-0.4, -0.2) is 47.2 Å². The zero-order valence-corrected chi connectivity index (χ0v) is 21.5. The summed E-state index contributed by atoms with van der Waals surface area (Å²) in [6, 6.07) is 0.0330. The molecule has 0 aliphatic carbocycles. The van der Waals surface area contributed by atoms with Crippen LogP contribution in [0.5, 0.6) is 0 Å². The summed E-state index contributed by atoms with van der Waals surface area (Å²) in [6.45, 7) is 26.8. The fraction of sp³-hybridized carbons (Fsp3) is 0.842. The second kappa shape index (κ2) is 6.99. The number of carbonyl (C=O) groups is 1. The van der Waals surface area contributed by atoms with E-state index in [0.29, 0.717) is 0 Å². The predicted molar refractivity (Wildman–Crippen MR) is 116 cm³/mol. The highest BCUT2D eigenvalue weighted by Crippen LogP contribution is 2.41. The molecule has 0 aromatic rings. The second-order valence-corrected chi connectivity index (χ2v) is 25.3. The Morgan fingerprint density at radius 1 is 1.04 bits per heavy atom. The Bertz CT molecular complexity index is 571. The van der Waals surface area contributed by atoms with Gasteiger partial charge in [-0.1, -0.05) is 66.0 Å². The summed E-state index contributed by atoms with van der Waals surface area (Å²) < 4.78 is 8.64. The molecule has 0 N–H and O–H groups in total. The third kappa shape index (κ3) is 5.31. The topological polar surface area (TPSA) is 29.5 Å². The quantitative estimate of drug-likeness (QED) is 0.382. The summed E-state index contributed by atoms with van der Waals surface area (Å²) in [4.78, 5) is 13.0. The molecule has 25 heavy (non-hydrogen) atoms. The molecule has 0 saturated carbocycles. The van der Waals surface area contributed by atoms with Gasteiger partial charge in [-0.2, -0.15) is 0 Å². The lowest BCUT2D eigenvalue weighted by Crippen LogP contribution is -2.72. The molecule has 1 rings (SSSR count). The van der Waals surface area contributed by atoms with Crippen LogP contribution in [0.15, 0.2) is 0 Å². The summed E-state index contributed by atoms with van der Waals surface area (Å²) in [6.07, 6.45) is -0.0677. The Labute approximate surface area is 159 Å². The van der Waals surface area contributed by atoms with E-state index in [1.165, 1.54) is 0 Å². The molecule has 6 heteroatoms. The number of amides is 1. The van der Waals surface area contributed by atoms with Crippen LogP contribution in [0.25, 0.3) is 0 Å². The van der Waals surface area contributed by atoms with E-state index in [1.807, 2.05) is 0 Å². The summed E-state index contributed by atoms with van der Waals surface area (Å²) in [7, 11) is -5.10. The van der Waals surface area contributed by atoms with Gasteiger partial charge in [-0.15, -0.1) is 5.54 Å². The van der Waals surface area contributed by atoms with Crippen LogP contribution in [0, 0.1) is 17.4 Å². The molecule has 0 spiro atoms. The van der Waals surface area contributed by atoms with Crippen LogP contribution in [0.1, 0.15) is 27.7 Å². The Hall–Kier alpha value is -0.359. The molecular formula is C19H39NO2Si3. The monoisotopic (exact) mass is 397 g/mol. The molecule has 0 bridgehead atoms. The molecule has 1 aliphatic rings. The van der Waals surface area contributed by atoms with Gasteiger partial charge in [-0.3, -0.25) is 4.79 Å². The van der Waals surface area contributed by atoms with Crippen molar-refractivity contribution in [1.82, 2.24) is 4.57 Å². The van der Waals surface area contributed by atoms with Gasteiger partial charge in [0.15, 0.2) is 16.6 Å². The van der Waals surface area contributed by atoms with Gasteiger partial charge in [-0.05, 0) is 25.1 Å². The minimum atomic E-state index is -1.90. The number of hydrogen-bond donors (Lipinski definition) is 0. The number of rotatable bonds is 4. The fourth-order valence-electron chi connectivity index (χ4n) is 2.88. The van der Waals surface area contributed by atoms with E-state index in [1.54, 1.807) is 0 Å². The third-order valence-corrected chi connectivity index (χ3v) is 12.7. The van der Waals surface area contributed by atoms with Crippen LogP contribution in [0.3, 0.4) is 0 Å².